The van der Waals surface area contributed by atoms with E-state index >= 15 is 0 Å². The summed E-state index contributed by atoms with van der Waals surface area (Å²) in [5.41, 5.74) is 6.63. The second-order valence-electron chi connectivity index (χ2n) is 7.67. The Labute approximate surface area is 146 Å². The second-order valence-corrected chi connectivity index (χ2v) is 7.67. The third-order valence-electron chi connectivity index (χ3n) is 5.97. The highest BCUT2D eigenvalue weighted by Gasteiger charge is 2.46. The molecule has 2 heteroatoms. The van der Waals surface area contributed by atoms with E-state index in [-0.39, 0.29) is 5.41 Å². The van der Waals surface area contributed by atoms with E-state index in [1.807, 2.05) is 0 Å². The number of ether oxygens (including phenoxy) is 1. The van der Waals surface area contributed by atoms with Gasteiger partial charge in [-0.1, -0.05) is 50.2 Å². The van der Waals surface area contributed by atoms with Gasteiger partial charge in [0.05, 0.1) is 5.56 Å². The second kappa shape index (κ2) is 4.20. The lowest BCUT2D eigenvalue weighted by Crippen LogP contribution is -2.42. The summed E-state index contributed by atoms with van der Waals surface area (Å²) in [7, 11) is 0. The average Bonchev–Trinajstić information content (AvgIpc) is 2.86. The monoisotopic (exact) mass is 324 g/mol. The molecule has 0 fully saturated rings. The van der Waals surface area contributed by atoms with Gasteiger partial charge in [-0.25, -0.2) is 0 Å². The van der Waals surface area contributed by atoms with Gasteiger partial charge in [-0.2, -0.15) is 4.57 Å². The number of fused-ring (bicyclic) bond motifs is 3. The highest BCUT2D eigenvalue weighted by Crippen LogP contribution is 2.52. The zero-order valence-electron chi connectivity index (χ0n) is 14.3. The molecule has 2 aliphatic rings. The minimum Gasteiger partial charge on any atom is -0.435 e. The highest BCUT2D eigenvalue weighted by molar-refractivity contribution is 5.97. The molecular weight excluding hydrogens is 306 g/mol. The van der Waals surface area contributed by atoms with Crippen LogP contribution in [0.15, 0.2) is 60.7 Å². The largest absolute Gasteiger partial charge is 0.435 e. The van der Waals surface area contributed by atoms with Crippen LogP contribution in [-0.4, -0.2) is 0 Å². The van der Waals surface area contributed by atoms with Crippen LogP contribution in [0.5, 0.6) is 5.75 Å². The normalized spacial score (nSPS) is 16.1. The first-order chi connectivity index (χ1) is 12.1. The molecule has 1 aliphatic carbocycles. The van der Waals surface area contributed by atoms with Gasteiger partial charge in [0, 0.05) is 22.4 Å². The Morgan fingerprint density at radius 2 is 1.64 bits per heavy atom. The first-order valence-electron chi connectivity index (χ1n) is 8.81. The molecule has 1 aromatic heterocycles. The molecule has 0 N–H and O–H groups in total. The molecule has 4 aromatic rings. The fourth-order valence-corrected chi connectivity index (χ4v) is 4.66. The zero-order valence-corrected chi connectivity index (χ0v) is 14.3. The van der Waals surface area contributed by atoms with E-state index in [0.29, 0.717) is 6.73 Å². The molecule has 0 saturated heterocycles. The van der Waals surface area contributed by atoms with Gasteiger partial charge in [-0.05, 0) is 34.5 Å². The quantitative estimate of drug-likeness (QED) is 0.330. The van der Waals surface area contributed by atoms with E-state index in [2.05, 4.69) is 79.1 Å². The van der Waals surface area contributed by atoms with Crippen LogP contribution >= 0.6 is 0 Å². The van der Waals surface area contributed by atoms with Crippen LogP contribution in [0.3, 0.4) is 0 Å². The summed E-state index contributed by atoms with van der Waals surface area (Å²) in [5, 5.41) is 3.84. The average molecular weight is 324 g/mol. The Morgan fingerprint density at radius 3 is 2.48 bits per heavy atom. The van der Waals surface area contributed by atoms with Crippen molar-refractivity contribution in [1.29, 1.82) is 0 Å². The molecular formula is C23H18NO+. The fourth-order valence-electron chi connectivity index (χ4n) is 4.66. The SMILES string of the molecule is CC1(C)c2cccc3c2-c2c1cc1cc4ccccc4cc1[n+]2CO3. The Morgan fingerprint density at radius 1 is 0.840 bits per heavy atom. The van der Waals surface area contributed by atoms with Crippen LogP contribution in [0, 0.1) is 0 Å². The van der Waals surface area contributed by atoms with Crippen molar-refractivity contribution in [2.75, 3.05) is 0 Å². The summed E-state index contributed by atoms with van der Waals surface area (Å²) in [6.45, 7) is 5.22. The van der Waals surface area contributed by atoms with Crippen molar-refractivity contribution in [3.63, 3.8) is 0 Å². The van der Waals surface area contributed by atoms with Gasteiger partial charge in [-0.3, -0.25) is 0 Å². The summed E-state index contributed by atoms with van der Waals surface area (Å²) in [5.74, 6) is 1.02. The van der Waals surface area contributed by atoms with E-state index in [1.165, 1.54) is 44.1 Å². The molecule has 0 spiro atoms. The van der Waals surface area contributed by atoms with E-state index in [4.69, 9.17) is 4.74 Å². The van der Waals surface area contributed by atoms with E-state index in [0.717, 1.165) is 5.75 Å². The smallest absolute Gasteiger partial charge is 0.293 e. The molecule has 0 radical (unpaired) electrons. The first-order valence-corrected chi connectivity index (χ1v) is 8.81. The molecule has 6 rings (SSSR count). The summed E-state index contributed by atoms with van der Waals surface area (Å²) in [4.78, 5) is 0. The molecule has 1 aliphatic heterocycles. The molecule has 3 aromatic carbocycles. The lowest BCUT2D eigenvalue weighted by Gasteiger charge is -2.19. The summed E-state index contributed by atoms with van der Waals surface area (Å²) >= 11 is 0. The fraction of sp³-hybridized carbons (Fsp3) is 0.174. The van der Waals surface area contributed by atoms with Crippen LogP contribution in [0.25, 0.3) is 32.9 Å². The molecule has 0 atom stereocenters. The zero-order chi connectivity index (χ0) is 16.8. The maximum atomic E-state index is 6.14. The number of pyridine rings is 1. The lowest BCUT2D eigenvalue weighted by atomic mass is 9.82. The van der Waals surface area contributed by atoms with Crippen LogP contribution < -0.4 is 9.30 Å². The van der Waals surface area contributed by atoms with Crippen LogP contribution in [0.2, 0.25) is 0 Å². The van der Waals surface area contributed by atoms with Crippen LogP contribution in [0.4, 0.5) is 0 Å². The first kappa shape index (κ1) is 13.4. The number of benzene rings is 3. The highest BCUT2D eigenvalue weighted by atomic mass is 16.5. The van der Waals surface area contributed by atoms with Gasteiger partial charge in [0.25, 0.3) is 6.73 Å². The Hall–Kier alpha value is -2.87. The van der Waals surface area contributed by atoms with Gasteiger partial charge in [-0.15, -0.1) is 0 Å². The van der Waals surface area contributed by atoms with Crippen molar-refractivity contribution in [3.8, 4) is 17.0 Å². The minimum atomic E-state index is -0.00401. The van der Waals surface area contributed by atoms with Crippen LogP contribution in [0.1, 0.15) is 25.0 Å². The van der Waals surface area contributed by atoms with Gasteiger partial charge in [0.2, 0.25) is 11.2 Å². The van der Waals surface area contributed by atoms with Crippen molar-refractivity contribution >= 4 is 21.7 Å². The molecule has 0 bridgehead atoms. The van der Waals surface area contributed by atoms with Gasteiger partial charge >= 0.3 is 0 Å². The molecule has 2 nitrogen and oxygen atoms in total. The molecule has 120 valence electrons. The predicted octanol–water partition coefficient (Wildman–Crippen LogP) is 4.94. The maximum Gasteiger partial charge on any atom is 0.293 e. The number of hydrogen-bond acceptors (Lipinski definition) is 1. The van der Waals surface area contributed by atoms with Gasteiger partial charge < -0.3 is 4.74 Å². The molecule has 0 unspecified atom stereocenters. The number of nitrogens with zero attached hydrogens (tertiary/aromatic N) is 1. The number of aromatic nitrogens is 1. The third kappa shape index (κ3) is 1.53. The summed E-state index contributed by atoms with van der Waals surface area (Å²) in [6, 6.07) is 22.0. The standard InChI is InChI=1S/C23H18NO/c1-23(2)17-8-5-9-20-21(17)22-18(23)11-16-10-14-6-3-4-7-15(14)12-19(16)24(22)13-25-20/h3-12H,13H2,1-2H3/q+1. The minimum absolute atomic E-state index is 0.00401. The van der Waals surface area contributed by atoms with Crippen molar-refractivity contribution in [3.05, 3.63) is 71.8 Å². The lowest BCUT2D eigenvalue weighted by molar-refractivity contribution is -0.693. The summed E-state index contributed by atoms with van der Waals surface area (Å²) in [6.07, 6.45) is 0. The number of rotatable bonds is 0. The van der Waals surface area contributed by atoms with Crippen molar-refractivity contribution in [2.45, 2.75) is 26.0 Å². The van der Waals surface area contributed by atoms with E-state index in [1.54, 1.807) is 0 Å². The number of hydrogen-bond donors (Lipinski definition) is 0. The van der Waals surface area contributed by atoms with Crippen LogP contribution in [-0.2, 0) is 12.1 Å². The van der Waals surface area contributed by atoms with E-state index < -0.39 is 0 Å². The van der Waals surface area contributed by atoms with Crippen molar-refractivity contribution in [1.82, 2.24) is 0 Å². The summed E-state index contributed by atoms with van der Waals surface area (Å²) < 4.78 is 8.50. The molecule has 0 saturated carbocycles. The van der Waals surface area contributed by atoms with Crippen molar-refractivity contribution in [2.24, 2.45) is 0 Å². The molecule has 0 amide bonds. The predicted molar refractivity (Wildman–Crippen MR) is 99.8 cm³/mol. The molecule has 2 heterocycles. The van der Waals surface area contributed by atoms with Crippen molar-refractivity contribution < 1.29 is 9.30 Å². The Balaban J connectivity index is 1.83. The van der Waals surface area contributed by atoms with E-state index in [9.17, 15) is 0 Å². The molecule has 25 heavy (non-hydrogen) atoms. The van der Waals surface area contributed by atoms with Gasteiger partial charge in [0.1, 0.15) is 5.75 Å². The third-order valence-corrected chi connectivity index (χ3v) is 5.97. The maximum absolute atomic E-state index is 6.14. The Kier molecular flexibility index (Phi) is 2.26. The Bertz CT molecular complexity index is 1220. The topological polar surface area (TPSA) is 13.1 Å². The van der Waals surface area contributed by atoms with Gasteiger partial charge in [0.15, 0.2) is 0 Å².